The van der Waals surface area contributed by atoms with Gasteiger partial charge in [-0.1, -0.05) is 0 Å². The zero-order valence-electron chi connectivity index (χ0n) is 9.79. The Hall–Kier alpha value is -1.63. The van der Waals surface area contributed by atoms with E-state index in [9.17, 15) is 14.4 Å². The van der Waals surface area contributed by atoms with E-state index in [1.807, 2.05) is 0 Å². The predicted octanol–water partition coefficient (Wildman–Crippen LogP) is -2.16. The molecule has 1 rings (SSSR count). The fourth-order valence-corrected chi connectivity index (χ4v) is 1.56. The van der Waals surface area contributed by atoms with Gasteiger partial charge in [-0.25, -0.2) is 0 Å². The molecule has 96 valence electrons. The molecular formula is C10H18N4O3. The Morgan fingerprint density at radius 2 is 2.18 bits per heavy atom. The second-order valence-corrected chi connectivity index (χ2v) is 4.06. The second-order valence-electron chi connectivity index (χ2n) is 4.06. The van der Waals surface area contributed by atoms with Crippen molar-refractivity contribution < 1.29 is 14.4 Å². The van der Waals surface area contributed by atoms with Crippen molar-refractivity contribution in [1.29, 1.82) is 0 Å². The van der Waals surface area contributed by atoms with E-state index in [2.05, 4.69) is 16.0 Å². The first-order chi connectivity index (χ1) is 8.00. The number of hydrogen-bond acceptors (Lipinski definition) is 4. The van der Waals surface area contributed by atoms with Crippen LogP contribution in [0.1, 0.15) is 19.8 Å². The van der Waals surface area contributed by atoms with Crippen LogP contribution in [-0.4, -0.2) is 42.9 Å². The normalized spacial score (nSPS) is 20.6. The highest BCUT2D eigenvalue weighted by Crippen LogP contribution is 2.03. The summed E-state index contributed by atoms with van der Waals surface area (Å²) >= 11 is 0. The van der Waals surface area contributed by atoms with Crippen molar-refractivity contribution in [2.24, 2.45) is 5.73 Å². The summed E-state index contributed by atoms with van der Waals surface area (Å²) in [6, 6.07) is -0.944. The van der Waals surface area contributed by atoms with E-state index in [4.69, 9.17) is 5.73 Å². The predicted molar refractivity (Wildman–Crippen MR) is 60.8 cm³/mol. The fourth-order valence-electron chi connectivity index (χ4n) is 1.56. The van der Waals surface area contributed by atoms with Crippen LogP contribution in [0.15, 0.2) is 0 Å². The maximum Gasteiger partial charge on any atom is 0.240 e. The van der Waals surface area contributed by atoms with Crippen LogP contribution in [0.2, 0.25) is 0 Å². The maximum atomic E-state index is 11.5. The van der Waals surface area contributed by atoms with E-state index in [1.54, 1.807) is 0 Å². The average molecular weight is 242 g/mol. The van der Waals surface area contributed by atoms with Gasteiger partial charge in [-0.15, -0.1) is 0 Å². The number of carbonyl (C=O) groups is 3. The summed E-state index contributed by atoms with van der Waals surface area (Å²) < 4.78 is 0. The highest BCUT2D eigenvalue weighted by Gasteiger charge is 2.22. The Bertz CT molecular complexity index is 313. The van der Waals surface area contributed by atoms with E-state index in [-0.39, 0.29) is 18.5 Å². The molecule has 1 aliphatic heterocycles. The Labute approximate surface area is 99.5 Å². The van der Waals surface area contributed by atoms with Gasteiger partial charge in [0.1, 0.15) is 6.04 Å². The van der Waals surface area contributed by atoms with Crippen LogP contribution in [0.3, 0.4) is 0 Å². The molecule has 0 spiro atoms. The van der Waals surface area contributed by atoms with Crippen molar-refractivity contribution >= 4 is 17.7 Å². The lowest BCUT2D eigenvalue weighted by atomic mass is 10.2. The molecule has 7 nitrogen and oxygen atoms in total. The second kappa shape index (κ2) is 6.19. The van der Waals surface area contributed by atoms with Crippen LogP contribution in [-0.2, 0) is 14.4 Å². The largest absolute Gasteiger partial charge is 0.368 e. The van der Waals surface area contributed by atoms with Crippen molar-refractivity contribution in [2.75, 3.05) is 13.1 Å². The molecule has 0 aromatic carbocycles. The van der Waals surface area contributed by atoms with Crippen LogP contribution >= 0.6 is 0 Å². The van der Waals surface area contributed by atoms with Crippen molar-refractivity contribution in [3.63, 3.8) is 0 Å². The maximum absolute atomic E-state index is 11.5. The van der Waals surface area contributed by atoms with Gasteiger partial charge in [0.15, 0.2) is 0 Å². The third kappa shape index (κ3) is 4.39. The van der Waals surface area contributed by atoms with Gasteiger partial charge in [-0.05, 0) is 26.3 Å². The Kier molecular flexibility index (Phi) is 4.89. The average Bonchev–Trinajstić information content (AvgIpc) is 2.79. The quantitative estimate of drug-likeness (QED) is 0.440. The third-order valence-electron chi connectivity index (χ3n) is 2.60. The van der Waals surface area contributed by atoms with Gasteiger partial charge in [0.05, 0.1) is 12.6 Å². The molecule has 5 N–H and O–H groups in total. The molecule has 0 unspecified atom stereocenters. The molecule has 0 saturated carbocycles. The van der Waals surface area contributed by atoms with Crippen molar-refractivity contribution in [2.45, 2.75) is 31.8 Å². The minimum absolute atomic E-state index is 0.144. The van der Waals surface area contributed by atoms with Crippen LogP contribution in [0.4, 0.5) is 0 Å². The molecule has 0 aliphatic carbocycles. The van der Waals surface area contributed by atoms with Crippen LogP contribution < -0.4 is 21.7 Å². The number of rotatable bonds is 5. The zero-order valence-corrected chi connectivity index (χ0v) is 9.79. The number of nitrogens with two attached hydrogens (primary N) is 1. The monoisotopic (exact) mass is 242 g/mol. The van der Waals surface area contributed by atoms with E-state index in [0.29, 0.717) is 0 Å². The van der Waals surface area contributed by atoms with E-state index >= 15 is 0 Å². The molecule has 7 heteroatoms. The van der Waals surface area contributed by atoms with Gasteiger partial charge in [-0.2, -0.15) is 0 Å². The number of amides is 3. The first-order valence-electron chi connectivity index (χ1n) is 5.60. The fraction of sp³-hybridized carbons (Fsp3) is 0.700. The summed E-state index contributed by atoms with van der Waals surface area (Å²) in [5, 5.41) is 7.90. The van der Waals surface area contributed by atoms with E-state index in [1.165, 1.54) is 6.92 Å². The molecule has 0 radical (unpaired) electrons. The summed E-state index contributed by atoms with van der Waals surface area (Å²) in [6.45, 7) is 2.16. The van der Waals surface area contributed by atoms with Gasteiger partial charge in [-0.3, -0.25) is 14.4 Å². The van der Waals surface area contributed by atoms with Gasteiger partial charge >= 0.3 is 0 Å². The highest BCUT2D eigenvalue weighted by atomic mass is 16.2. The van der Waals surface area contributed by atoms with E-state index in [0.717, 1.165) is 19.4 Å². The van der Waals surface area contributed by atoms with Crippen molar-refractivity contribution in [3.8, 4) is 0 Å². The Balaban J connectivity index is 2.23. The number of carbonyl (C=O) groups excluding carboxylic acids is 3. The molecule has 1 aliphatic rings. The summed E-state index contributed by atoms with van der Waals surface area (Å²) in [7, 11) is 0. The molecule has 3 amide bonds. The molecule has 1 saturated heterocycles. The lowest BCUT2D eigenvalue weighted by Crippen LogP contribution is -2.48. The first-order valence-corrected chi connectivity index (χ1v) is 5.60. The number of nitrogens with one attached hydrogen (secondary N) is 3. The summed E-state index contributed by atoms with van der Waals surface area (Å²) in [4.78, 5) is 33.5. The highest BCUT2D eigenvalue weighted by molar-refractivity contribution is 5.90. The molecule has 1 heterocycles. The van der Waals surface area contributed by atoms with Crippen LogP contribution in [0.5, 0.6) is 0 Å². The molecule has 0 bridgehead atoms. The Morgan fingerprint density at radius 1 is 1.47 bits per heavy atom. The van der Waals surface area contributed by atoms with Gasteiger partial charge in [0.2, 0.25) is 17.7 Å². The number of hydrogen-bond donors (Lipinski definition) is 4. The Morgan fingerprint density at radius 3 is 2.71 bits per heavy atom. The van der Waals surface area contributed by atoms with E-state index < -0.39 is 17.9 Å². The molecule has 17 heavy (non-hydrogen) atoms. The lowest BCUT2D eigenvalue weighted by molar-refractivity contribution is -0.129. The third-order valence-corrected chi connectivity index (χ3v) is 2.60. The molecular weight excluding hydrogens is 224 g/mol. The van der Waals surface area contributed by atoms with Gasteiger partial charge in [0.25, 0.3) is 0 Å². The first kappa shape index (κ1) is 13.4. The summed E-state index contributed by atoms with van der Waals surface area (Å²) in [5.41, 5.74) is 4.99. The summed E-state index contributed by atoms with van der Waals surface area (Å²) in [6.07, 6.45) is 1.74. The summed E-state index contributed by atoms with van der Waals surface area (Å²) in [5.74, 6) is -1.23. The molecule has 0 aromatic rings. The minimum atomic E-state index is -0.732. The smallest absolute Gasteiger partial charge is 0.240 e. The van der Waals surface area contributed by atoms with Gasteiger partial charge in [0, 0.05) is 0 Å². The van der Waals surface area contributed by atoms with Crippen molar-refractivity contribution in [1.82, 2.24) is 16.0 Å². The number of primary amides is 1. The SMILES string of the molecule is C[C@H](NC(=O)CNC(=O)[C@@H]1CCCN1)C(N)=O. The van der Waals surface area contributed by atoms with Gasteiger partial charge < -0.3 is 21.7 Å². The van der Waals surface area contributed by atoms with Crippen molar-refractivity contribution in [3.05, 3.63) is 0 Å². The molecule has 0 aromatic heterocycles. The zero-order chi connectivity index (χ0) is 12.8. The van der Waals surface area contributed by atoms with Crippen LogP contribution in [0, 0.1) is 0 Å². The topological polar surface area (TPSA) is 113 Å². The standard InChI is InChI=1S/C10H18N4O3/c1-6(9(11)16)14-8(15)5-13-10(17)7-3-2-4-12-7/h6-7,12H,2-5H2,1H3,(H2,11,16)(H,13,17)(H,14,15)/t6-,7-/m0/s1. The minimum Gasteiger partial charge on any atom is -0.368 e. The molecule has 2 atom stereocenters. The van der Waals surface area contributed by atoms with Crippen LogP contribution in [0.25, 0.3) is 0 Å². The lowest BCUT2D eigenvalue weighted by Gasteiger charge is -2.13. The molecule has 1 fully saturated rings.